The van der Waals surface area contributed by atoms with Crippen molar-refractivity contribution in [1.82, 2.24) is 4.67 Å². The monoisotopic (exact) mass is 304 g/mol. The van der Waals surface area contributed by atoms with Gasteiger partial charge in [0, 0.05) is 30.7 Å². The third kappa shape index (κ3) is 3.70. The first-order valence-corrected chi connectivity index (χ1v) is 9.88. The first kappa shape index (κ1) is 14.3. The van der Waals surface area contributed by atoms with E-state index >= 15 is 0 Å². The lowest BCUT2D eigenvalue weighted by molar-refractivity contribution is 0.0726. The molecule has 7 heteroatoms. The molecule has 1 unspecified atom stereocenters. The second-order valence-corrected chi connectivity index (χ2v) is 10.4. The Balaban J connectivity index is 2.03. The molecule has 1 aromatic carbocycles. The van der Waals surface area contributed by atoms with Gasteiger partial charge in [-0.1, -0.05) is 0 Å². The van der Waals surface area contributed by atoms with Gasteiger partial charge in [-0.25, -0.2) is 4.67 Å². The van der Waals surface area contributed by atoms with E-state index in [0.29, 0.717) is 13.2 Å². The van der Waals surface area contributed by atoms with Crippen molar-refractivity contribution in [3.05, 3.63) is 24.3 Å². The zero-order valence-corrected chi connectivity index (χ0v) is 12.7. The van der Waals surface area contributed by atoms with Crippen molar-refractivity contribution in [3.8, 4) is 0 Å². The predicted molar refractivity (Wildman–Crippen MR) is 80.7 cm³/mol. The number of benzene rings is 1. The Morgan fingerprint density at radius 2 is 1.94 bits per heavy atom. The molecule has 0 bridgehead atoms. The minimum absolute atomic E-state index is 0.651. The van der Waals surface area contributed by atoms with E-state index in [1.54, 1.807) is 0 Å². The molecule has 0 amide bonds. The molecule has 100 valence electrons. The molecule has 1 fully saturated rings. The predicted octanol–water partition coefficient (Wildman–Crippen LogP) is 2.37. The van der Waals surface area contributed by atoms with Crippen molar-refractivity contribution in [2.45, 2.75) is 4.90 Å². The second-order valence-electron chi connectivity index (χ2n) is 3.92. The quantitative estimate of drug-likeness (QED) is 0.833. The van der Waals surface area contributed by atoms with Crippen LogP contribution in [0.1, 0.15) is 0 Å². The summed E-state index contributed by atoms with van der Waals surface area (Å²) in [4.78, 5) is 11.5. The maximum absolute atomic E-state index is 10.5. The zero-order valence-electron chi connectivity index (χ0n) is 10.2. The molecular weight excluding hydrogens is 287 g/mol. The third-order valence-corrected chi connectivity index (χ3v) is 7.95. The maximum Gasteiger partial charge on any atom is 0.190 e. The average Bonchev–Trinajstić information content (AvgIpc) is 2.40. The van der Waals surface area contributed by atoms with Crippen molar-refractivity contribution >= 4 is 34.5 Å². The van der Waals surface area contributed by atoms with Gasteiger partial charge in [0.1, 0.15) is 0 Å². The van der Waals surface area contributed by atoms with Gasteiger partial charge in [0.2, 0.25) is 0 Å². The number of hydrogen-bond donors (Lipinski definition) is 2. The number of anilines is 1. The van der Waals surface area contributed by atoms with E-state index in [2.05, 4.69) is 5.32 Å². The van der Waals surface area contributed by atoms with Crippen LogP contribution in [0.3, 0.4) is 0 Å². The molecule has 0 saturated carbocycles. The summed E-state index contributed by atoms with van der Waals surface area (Å²) in [6.07, 6.45) is 0. The van der Waals surface area contributed by atoms with Gasteiger partial charge in [-0.3, -0.25) is 0 Å². The molecule has 1 atom stereocenters. The SMILES string of the molecule is CNc1ccc(SP(O)(=S)N2CCOCC2)cc1. The van der Waals surface area contributed by atoms with Gasteiger partial charge in [-0.15, -0.1) is 0 Å². The molecule has 1 saturated heterocycles. The topological polar surface area (TPSA) is 44.7 Å². The van der Waals surface area contributed by atoms with Crippen LogP contribution >= 0.6 is 17.0 Å². The normalized spacial score (nSPS) is 20.3. The fourth-order valence-electron chi connectivity index (χ4n) is 1.68. The van der Waals surface area contributed by atoms with Crippen LogP contribution < -0.4 is 5.32 Å². The van der Waals surface area contributed by atoms with Crippen molar-refractivity contribution in [3.63, 3.8) is 0 Å². The number of nitrogens with one attached hydrogen (secondary N) is 1. The Morgan fingerprint density at radius 3 is 2.50 bits per heavy atom. The maximum atomic E-state index is 10.5. The molecule has 2 N–H and O–H groups in total. The summed E-state index contributed by atoms with van der Waals surface area (Å²) >= 11 is 6.79. The molecular formula is C11H17N2O2PS2. The van der Waals surface area contributed by atoms with E-state index in [1.165, 1.54) is 11.4 Å². The van der Waals surface area contributed by atoms with E-state index in [4.69, 9.17) is 16.5 Å². The summed E-state index contributed by atoms with van der Waals surface area (Å²) in [5.74, 6) is 0. The second kappa shape index (κ2) is 6.37. The molecule has 0 spiro atoms. The lowest BCUT2D eigenvalue weighted by atomic mass is 10.3. The van der Waals surface area contributed by atoms with Crippen LogP contribution in [0.4, 0.5) is 5.69 Å². The smallest absolute Gasteiger partial charge is 0.190 e. The summed E-state index contributed by atoms with van der Waals surface area (Å²) in [6.45, 7) is 2.74. The van der Waals surface area contributed by atoms with E-state index in [9.17, 15) is 4.89 Å². The fourth-order valence-corrected chi connectivity index (χ4v) is 6.29. The summed E-state index contributed by atoms with van der Waals surface area (Å²) in [6, 6.07) is 7.93. The van der Waals surface area contributed by atoms with Crippen LogP contribution in [0, 0.1) is 0 Å². The average molecular weight is 304 g/mol. The minimum Gasteiger partial charge on any atom is -0.388 e. The highest BCUT2D eigenvalue weighted by atomic mass is 32.9. The first-order chi connectivity index (χ1) is 8.62. The standard InChI is InChI=1S/C11H17N2O2PS2/c1-12-10-2-4-11(5-3-10)18-16(14,17)13-6-8-15-9-7-13/h2-5,12H,6-9H2,1H3,(H,14,17). The van der Waals surface area contributed by atoms with Crippen LogP contribution in [0.25, 0.3) is 0 Å². The first-order valence-electron chi connectivity index (χ1n) is 5.75. The number of morpholine rings is 1. The minimum atomic E-state index is -2.53. The molecule has 1 heterocycles. The fraction of sp³-hybridized carbons (Fsp3) is 0.455. The van der Waals surface area contributed by atoms with Crippen molar-refractivity contribution in [2.24, 2.45) is 0 Å². The number of ether oxygens (including phenoxy) is 1. The highest BCUT2D eigenvalue weighted by molar-refractivity contribution is 8.68. The highest BCUT2D eigenvalue weighted by Gasteiger charge is 2.26. The van der Waals surface area contributed by atoms with Crippen LogP contribution in [0.2, 0.25) is 0 Å². The van der Waals surface area contributed by atoms with Gasteiger partial charge in [0.15, 0.2) is 5.62 Å². The number of hydrogen-bond acceptors (Lipinski definition) is 4. The zero-order chi connectivity index (χ0) is 13.0. The van der Waals surface area contributed by atoms with E-state index in [-0.39, 0.29) is 0 Å². The van der Waals surface area contributed by atoms with Crippen LogP contribution in [0.5, 0.6) is 0 Å². The molecule has 0 aromatic heterocycles. The Labute approximate surface area is 117 Å². The molecule has 0 aliphatic carbocycles. The molecule has 2 rings (SSSR count). The Kier molecular flexibility index (Phi) is 5.06. The Morgan fingerprint density at radius 1 is 1.33 bits per heavy atom. The third-order valence-electron chi connectivity index (χ3n) is 2.71. The van der Waals surface area contributed by atoms with Crippen LogP contribution in [0.15, 0.2) is 29.2 Å². The molecule has 1 aliphatic heterocycles. The number of nitrogens with zero attached hydrogens (tertiary/aromatic N) is 1. The van der Waals surface area contributed by atoms with Crippen molar-refractivity contribution in [1.29, 1.82) is 0 Å². The molecule has 18 heavy (non-hydrogen) atoms. The van der Waals surface area contributed by atoms with Gasteiger partial charge in [0.25, 0.3) is 0 Å². The molecule has 1 aromatic rings. The Bertz CT molecular complexity index is 435. The Hall–Kier alpha value is -0.100. The van der Waals surface area contributed by atoms with Gasteiger partial charge in [-0.05, 0) is 47.5 Å². The van der Waals surface area contributed by atoms with E-state index in [0.717, 1.165) is 23.7 Å². The molecule has 0 radical (unpaired) electrons. The van der Waals surface area contributed by atoms with Crippen LogP contribution in [-0.2, 0) is 16.5 Å². The molecule has 1 aliphatic rings. The van der Waals surface area contributed by atoms with Gasteiger partial charge in [0.05, 0.1) is 13.2 Å². The van der Waals surface area contributed by atoms with Crippen molar-refractivity contribution in [2.75, 3.05) is 38.7 Å². The highest BCUT2D eigenvalue weighted by Crippen LogP contribution is 2.61. The van der Waals surface area contributed by atoms with Gasteiger partial charge in [-0.2, -0.15) is 0 Å². The van der Waals surface area contributed by atoms with E-state index < -0.39 is 5.62 Å². The summed E-state index contributed by atoms with van der Waals surface area (Å²) < 4.78 is 7.25. The summed E-state index contributed by atoms with van der Waals surface area (Å²) in [5.41, 5.74) is -1.48. The molecule has 4 nitrogen and oxygen atoms in total. The summed E-state index contributed by atoms with van der Waals surface area (Å²) in [5, 5.41) is 3.06. The number of rotatable bonds is 4. The summed E-state index contributed by atoms with van der Waals surface area (Å²) in [7, 11) is 1.88. The van der Waals surface area contributed by atoms with Gasteiger partial charge < -0.3 is 14.9 Å². The van der Waals surface area contributed by atoms with E-state index in [1.807, 2.05) is 36.0 Å². The van der Waals surface area contributed by atoms with Crippen LogP contribution in [-0.4, -0.2) is 42.9 Å². The lowest BCUT2D eigenvalue weighted by Gasteiger charge is -2.32. The van der Waals surface area contributed by atoms with Crippen molar-refractivity contribution < 1.29 is 9.63 Å². The lowest BCUT2D eigenvalue weighted by Crippen LogP contribution is -2.32. The largest absolute Gasteiger partial charge is 0.388 e. The van der Waals surface area contributed by atoms with Gasteiger partial charge >= 0.3 is 0 Å².